The van der Waals surface area contributed by atoms with Gasteiger partial charge < -0.3 is 5.32 Å². The first-order valence-electron chi connectivity index (χ1n) is 4.97. The Bertz CT molecular complexity index is 341. The lowest BCUT2D eigenvalue weighted by Crippen LogP contribution is -2.36. The quantitative estimate of drug-likeness (QED) is 0.848. The second kappa shape index (κ2) is 5.12. The normalized spacial score (nSPS) is 11.5. The minimum absolute atomic E-state index is 0.0259. The lowest BCUT2D eigenvalue weighted by Gasteiger charge is -2.15. The molecule has 0 saturated carbocycles. The molecule has 0 unspecified atom stereocenters. The van der Waals surface area contributed by atoms with E-state index < -0.39 is 4.32 Å². The van der Waals surface area contributed by atoms with Gasteiger partial charge in [-0.2, -0.15) is 0 Å². The van der Waals surface area contributed by atoms with Crippen LogP contribution in [0.5, 0.6) is 0 Å². The average Bonchev–Trinajstić information content (AvgIpc) is 2.59. The van der Waals surface area contributed by atoms with E-state index >= 15 is 0 Å². The first-order valence-corrected chi connectivity index (χ1v) is 6.65. The molecule has 0 saturated heterocycles. The van der Waals surface area contributed by atoms with Gasteiger partial charge in [0.25, 0.3) is 0 Å². The highest BCUT2D eigenvalue weighted by Gasteiger charge is 2.23. The van der Waals surface area contributed by atoms with Gasteiger partial charge in [0.15, 0.2) is 0 Å². The number of aryl methyl sites for hydroxylation is 1. The standard InChI is InChI=1S/C11H16BrNOS/c1-4-8-5-6-15-9(8)7-13-10(14)11(2,3)12/h5-6H,4,7H2,1-3H3,(H,13,14). The van der Waals surface area contributed by atoms with E-state index in [1.807, 2.05) is 13.8 Å². The van der Waals surface area contributed by atoms with E-state index in [9.17, 15) is 4.79 Å². The Morgan fingerprint density at radius 2 is 2.27 bits per heavy atom. The summed E-state index contributed by atoms with van der Waals surface area (Å²) in [5, 5.41) is 4.99. The second-order valence-corrected chi connectivity index (χ2v) is 6.86. The number of hydrogen-bond acceptors (Lipinski definition) is 2. The van der Waals surface area contributed by atoms with Crippen LogP contribution in [-0.4, -0.2) is 10.2 Å². The van der Waals surface area contributed by atoms with Gasteiger partial charge in [0.2, 0.25) is 5.91 Å². The number of carbonyl (C=O) groups is 1. The zero-order valence-corrected chi connectivity index (χ0v) is 11.7. The highest BCUT2D eigenvalue weighted by molar-refractivity contribution is 9.10. The van der Waals surface area contributed by atoms with Crippen LogP contribution in [0.1, 0.15) is 31.2 Å². The van der Waals surface area contributed by atoms with Crippen molar-refractivity contribution in [3.63, 3.8) is 0 Å². The molecule has 2 nitrogen and oxygen atoms in total. The molecule has 0 spiro atoms. The summed E-state index contributed by atoms with van der Waals surface area (Å²) < 4.78 is -0.489. The molecule has 1 amide bonds. The van der Waals surface area contributed by atoms with Crippen molar-refractivity contribution in [1.82, 2.24) is 5.32 Å². The van der Waals surface area contributed by atoms with Gasteiger partial charge in [-0.25, -0.2) is 0 Å². The Balaban J connectivity index is 2.54. The number of carbonyl (C=O) groups excluding carboxylic acids is 1. The Hall–Kier alpha value is -0.350. The van der Waals surface area contributed by atoms with E-state index in [1.165, 1.54) is 10.4 Å². The molecular weight excluding hydrogens is 274 g/mol. The Morgan fingerprint density at radius 3 is 2.80 bits per heavy atom. The zero-order chi connectivity index (χ0) is 11.5. The molecule has 0 bridgehead atoms. The summed E-state index contributed by atoms with van der Waals surface area (Å²) in [5.74, 6) is 0.0259. The number of hydrogen-bond donors (Lipinski definition) is 1. The zero-order valence-electron chi connectivity index (χ0n) is 9.26. The minimum atomic E-state index is -0.489. The molecule has 1 aromatic heterocycles. The molecule has 0 fully saturated rings. The highest BCUT2D eigenvalue weighted by Crippen LogP contribution is 2.19. The molecule has 1 aromatic rings. The van der Waals surface area contributed by atoms with Crippen LogP contribution in [0.25, 0.3) is 0 Å². The first kappa shape index (κ1) is 12.7. The number of nitrogens with one attached hydrogen (secondary N) is 1. The van der Waals surface area contributed by atoms with Crippen molar-refractivity contribution in [3.05, 3.63) is 21.9 Å². The van der Waals surface area contributed by atoms with E-state index in [1.54, 1.807) is 11.3 Å². The van der Waals surface area contributed by atoms with Gasteiger partial charge in [0.05, 0.1) is 10.9 Å². The number of alkyl halides is 1. The fourth-order valence-corrected chi connectivity index (χ4v) is 2.26. The van der Waals surface area contributed by atoms with Gasteiger partial charge in [0.1, 0.15) is 0 Å². The summed E-state index contributed by atoms with van der Waals surface area (Å²) in [6, 6.07) is 2.12. The number of amides is 1. The van der Waals surface area contributed by atoms with E-state index in [0.717, 1.165) is 6.42 Å². The van der Waals surface area contributed by atoms with Crippen LogP contribution in [-0.2, 0) is 17.8 Å². The van der Waals surface area contributed by atoms with Gasteiger partial charge in [-0.05, 0) is 37.3 Å². The van der Waals surface area contributed by atoms with Crippen molar-refractivity contribution in [3.8, 4) is 0 Å². The lowest BCUT2D eigenvalue weighted by atomic mass is 10.2. The summed E-state index contributed by atoms with van der Waals surface area (Å²) in [6.45, 7) is 6.45. The third-order valence-electron chi connectivity index (χ3n) is 2.17. The van der Waals surface area contributed by atoms with Crippen LogP contribution in [0.4, 0.5) is 0 Å². The summed E-state index contributed by atoms with van der Waals surface area (Å²) in [6.07, 6.45) is 1.02. The molecule has 0 atom stereocenters. The van der Waals surface area contributed by atoms with Crippen molar-refractivity contribution in [2.75, 3.05) is 0 Å². The predicted octanol–water partition coefficient (Wildman–Crippen LogP) is 3.10. The van der Waals surface area contributed by atoms with Crippen LogP contribution < -0.4 is 5.32 Å². The molecule has 0 aromatic carbocycles. The lowest BCUT2D eigenvalue weighted by molar-refractivity contribution is -0.122. The molecule has 15 heavy (non-hydrogen) atoms. The van der Waals surface area contributed by atoms with Gasteiger partial charge in [-0.1, -0.05) is 22.9 Å². The van der Waals surface area contributed by atoms with Crippen molar-refractivity contribution in [2.24, 2.45) is 0 Å². The van der Waals surface area contributed by atoms with Gasteiger partial charge in [-0.3, -0.25) is 4.79 Å². The molecule has 84 valence electrons. The van der Waals surface area contributed by atoms with Crippen LogP contribution >= 0.6 is 27.3 Å². The van der Waals surface area contributed by atoms with Gasteiger partial charge in [0, 0.05) is 4.88 Å². The monoisotopic (exact) mass is 289 g/mol. The van der Waals surface area contributed by atoms with E-state index in [-0.39, 0.29) is 5.91 Å². The van der Waals surface area contributed by atoms with Crippen molar-refractivity contribution in [1.29, 1.82) is 0 Å². The molecule has 1 rings (SSSR count). The molecule has 0 radical (unpaired) electrons. The van der Waals surface area contributed by atoms with Crippen LogP contribution in [0.2, 0.25) is 0 Å². The highest BCUT2D eigenvalue weighted by atomic mass is 79.9. The third-order valence-corrected chi connectivity index (χ3v) is 3.49. The van der Waals surface area contributed by atoms with Gasteiger partial charge >= 0.3 is 0 Å². The fraction of sp³-hybridized carbons (Fsp3) is 0.545. The van der Waals surface area contributed by atoms with E-state index in [2.05, 4.69) is 39.6 Å². The van der Waals surface area contributed by atoms with Crippen molar-refractivity contribution in [2.45, 2.75) is 38.1 Å². The van der Waals surface area contributed by atoms with Crippen molar-refractivity contribution < 1.29 is 4.79 Å². The minimum Gasteiger partial charge on any atom is -0.350 e. The molecule has 1 heterocycles. The van der Waals surface area contributed by atoms with Gasteiger partial charge in [-0.15, -0.1) is 11.3 Å². The molecule has 1 N–H and O–H groups in total. The Morgan fingerprint density at radius 1 is 1.60 bits per heavy atom. The number of halogens is 1. The molecule has 4 heteroatoms. The Labute approximate surface area is 103 Å². The molecule has 0 aliphatic carbocycles. The van der Waals surface area contributed by atoms with Crippen LogP contribution in [0.15, 0.2) is 11.4 Å². The average molecular weight is 290 g/mol. The summed E-state index contributed by atoms with van der Waals surface area (Å²) in [4.78, 5) is 12.9. The smallest absolute Gasteiger partial charge is 0.236 e. The predicted molar refractivity (Wildman–Crippen MR) is 68.5 cm³/mol. The third kappa shape index (κ3) is 3.61. The SMILES string of the molecule is CCc1ccsc1CNC(=O)C(C)(C)Br. The Kier molecular flexibility index (Phi) is 4.34. The van der Waals surface area contributed by atoms with Crippen LogP contribution in [0, 0.1) is 0 Å². The topological polar surface area (TPSA) is 29.1 Å². The largest absolute Gasteiger partial charge is 0.350 e. The molecular formula is C11H16BrNOS. The first-order chi connectivity index (χ1) is 6.95. The maximum atomic E-state index is 11.6. The summed E-state index contributed by atoms with van der Waals surface area (Å²) >= 11 is 5.03. The number of rotatable bonds is 4. The van der Waals surface area contributed by atoms with E-state index in [0.29, 0.717) is 6.54 Å². The fourth-order valence-electron chi connectivity index (χ4n) is 1.21. The van der Waals surface area contributed by atoms with E-state index in [4.69, 9.17) is 0 Å². The molecule has 0 aliphatic heterocycles. The molecule has 0 aliphatic rings. The van der Waals surface area contributed by atoms with Crippen LogP contribution in [0.3, 0.4) is 0 Å². The van der Waals surface area contributed by atoms with Crippen molar-refractivity contribution >= 4 is 33.2 Å². The second-order valence-electron chi connectivity index (χ2n) is 3.88. The maximum Gasteiger partial charge on any atom is 0.236 e. The maximum absolute atomic E-state index is 11.6. The summed E-state index contributed by atoms with van der Waals surface area (Å²) in [7, 11) is 0. The number of thiophene rings is 1. The summed E-state index contributed by atoms with van der Waals surface area (Å²) in [5.41, 5.74) is 1.33.